The zero-order valence-corrected chi connectivity index (χ0v) is 29.3. The molecule has 10 rings (SSSR count). The molecular weight excluding hydrogens is 627 g/mol. The lowest BCUT2D eigenvalue weighted by atomic mass is 9.82. The quantitative estimate of drug-likeness (QED) is 0.166. The van der Waals surface area contributed by atoms with Crippen molar-refractivity contribution in [2.24, 2.45) is 0 Å². The molecule has 0 saturated heterocycles. The fourth-order valence-corrected chi connectivity index (χ4v) is 8.71. The Balaban J connectivity index is 1.21. The molecule has 9 aromatic rings. The molecule has 0 spiro atoms. The summed E-state index contributed by atoms with van der Waals surface area (Å²) >= 11 is 0. The smallest absolute Gasteiger partial charge is 0.0468 e. The molecule has 246 valence electrons. The van der Waals surface area contributed by atoms with Crippen LogP contribution in [-0.4, -0.2) is 0 Å². The summed E-state index contributed by atoms with van der Waals surface area (Å²) in [6.45, 7) is 4.73. The van der Waals surface area contributed by atoms with E-state index < -0.39 is 0 Å². The molecule has 1 aliphatic rings. The highest BCUT2D eigenvalue weighted by atomic mass is 15.1. The maximum atomic E-state index is 2.44. The van der Waals surface area contributed by atoms with Gasteiger partial charge in [0.2, 0.25) is 0 Å². The average molecular weight is 664 g/mol. The maximum Gasteiger partial charge on any atom is 0.0468 e. The summed E-state index contributed by atoms with van der Waals surface area (Å²) in [5.41, 5.74) is 13.6. The zero-order valence-electron chi connectivity index (χ0n) is 29.3. The van der Waals surface area contributed by atoms with Crippen LogP contribution in [0.1, 0.15) is 25.0 Å². The SMILES string of the molecule is CC1(C)c2ccc(N(c3ccc(-c4ccccc4)cc3)c3ccc4c5ccccc5c5ccccc5c4c3)cc2-c2c(-c3ccccc3)cccc21. The van der Waals surface area contributed by atoms with Gasteiger partial charge < -0.3 is 4.90 Å². The molecule has 1 nitrogen and oxygen atoms in total. The molecule has 0 bridgehead atoms. The monoisotopic (exact) mass is 663 g/mol. The van der Waals surface area contributed by atoms with E-state index >= 15 is 0 Å². The van der Waals surface area contributed by atoms with Gasteiger partial charge in [0.15, 0.2) is 0 Å². The fraction of sp³-hybridized carbons (Fsp3) is 0.0588. The highest BCUT2D eigenvalue weighted by molar-refractivity contribution is 6.25. The highest BCUT2D eigenvalue weighted by Crippen LogP contribution is 2.54. The van der Waals surface area contributed by atoms with Crippen molar-refractivity contribution in [2.75, 3.05) is 4.90 Å². The molecule has 0 N–H and O–H groups in total. The second-order valence-corrected chi connectivity index (χ2v) is 14.5. The molecule has 0 radical (unpaired) electrons. The van der Waals surface area contributed by atoms with Crippen molar-refractivity contribution in [1.29, 1.82) is 0 Å². The van der Waals surface area contributed by atoms with Crippen molar-refractivity contribution in [3.05, 3.63) is 199 Å². The van der Waals surface area contributed by atoms with Gasteiger partial charge >= 0.3 is 0 Å². The van der Waals surface area contributed by atoms with Gasteiger partial charge in [0.25, 0.3) is 0 Å². The predicted molar refractivity (Wildman–Crippen MR) is 222 cm³/mol. The Kier molecular flexibility index (Phi) is 6.91. The molecule has 1 aliphatic carbocycles. The van der Waals surface area contributed by atoms with Gasteiger partial charge in [-0.2, -0.15) is 0 Å². The van der Waals surface area contributed by atoms with E-state index in [0.717, 1.165) is 17.1 Å². The predicted octanol–water partition coefficient (Wildman–Crippen LogP) is 14.3. The van der Waals surface area contributed by atoms with Crippen LogP contribution in [0.5, 0.6) is 0 Å². The van der Waals surface area contributed by atoms with Crippen LogP contribution in [0.4, 0.5) is 17.1 Å². The minimum absolute atomic E-state index is 0.112. The summed E-state index contributed by atoms with van der Waals surface area (Å²) in [4.78, 5) is 2.44. The van der Waals surface area contributed by atoms with Gasteiger partial charge in [-0.25, -0.2) is 0 Å². The summed E-state index contributed by atoms with van der Waals surface area (Å²) in [6.07, 6.45) is 0. The maximum absolute atomic E-state index is 2.44. The van der Waals surface area contributed by atoms with E-state index in [2.05, 4.69) is 207 Å². The largest absolute Gasteiger partial charge is 0.310 e. The van der Waals surface area contributed by atoms with Gasteiger partial charge in [0.1, 0.15) is 0 Å². The summed E-state index contributed by atoms with van der Waals surface area (Å²) in [6, 6.07) is 69.1. The molecule has 0 saturated carbocycles. The van der Waals surface area contributed by atoms with Crippen LogP contribution in [0.25, 0.3) is 65.7 Å². The van der Waals surface area contributed by atoms with Crippen molar-refractivity contribution in [3.8, 4) is 33.4 Å². The van der Waals surface area contributed by atoms with Crippen molar-refractivity contribution in [1.82, 2.24) is 0 Å². The minimum atomic E-state index is -0.112. The second kappa shape index (κ2) is 11.8. The number of fused-ring (bicyclic) bond motifs is 9. The van der Waals surface area contributed by atoms with Crippen LogP contribution in [-0.2, 0) is 5.41 Å². The Bertz CT molecular complexity index is 2760. The number of nitrogens with zero attached hydrogens (tertiary/aromatic N) is 1. The average Bonchev–Trinajstić information content (AvgIpc) is 3.44. The minimum Gasteiger partial charge on any atom is -0.310 e. The van der Waals surface area contributed by atoms with E-state index in [1.54, 1.807) is 0 Å². The summed E-state index contributed by atoms with van der Waals surface area (Å²) in [5.74, 6) is 0. The Morgan fingerprint density at radius 3 is 1.48 bits per heavy atom. The molecule has 52 heavy (non-hydrogen) atoms. The first kappa shape index (κ1) is 30.4. The van der Waals surface area contributed by atoms with E-state index in [1.807, 2.05) is 0 Å². The first-order chi connectivity index (χ1) is 25.6. The lowest BCUT2D eigenvalue weighted by Gasteiger charge is -2.28. The Morgan fingerprint density at radius 1 is 0.327 bits per heavy atom. The molecule has 0 aromatic heterocycles. The van der Waals surface area contributed by atoms with Crippen LogP contribution in [0.15, 0.2) is 188 Å². The number of anilines is 3. The second-order valence-electron chi connectivity index (χ2n) is 14.5. The van der Waals surface area contributed by atoms with Gasteiger partial charge in [0, 0.05) is 22.5 Å². The third-order valence-corrected chi connectivity index (χ3v) is 11.2. The molecule has 0 fully saturated rings. The molecule has 0 aliphatic heterocycles. The van der Waals surface area contributed by atoms with Gasteiger partial charge in [0.05, 0.1) is 0 Å². The van der Waals surface area contributed by atoms with Crippen molar-refractivity contribution in [3.63, 3.8) is 0 Å². The van der Waals surface area contributed by atoms with Gasteiger partial charge in [-0.3, -0.25) is 0 Å². The van der Waals surface area contributed by atoms with E-state index in [1.165, 1.54) is 76.8 Å². The Morgan fingerprint density at radius 2 is 0.827 bits per heavy atom. The molecule has 9 aromatic carbocycles. The van der Waals surface area contributed by atoms with Crippen molar-refractivity contribution < 1.29 is 0 Å². The number of hydrogen-bond acceptors (Lipinski definition) is 1. The first-order valence-corrected chi connectivity index (χ1v) is 18.2. The highest BCUT2D eigenvalue weighted by Gasteiger charge is 2.37. The van der Waals surface area contributed by atoms with Crippen LogP contribution < -0.4 is 4.90 Å². The topological polar surface area (TPSA) is 3.24 Å². The van der Waals surface area contributed by atoms with Crippen molar-refractivity contribution >= 4 is 49.4 Å². The van der Waals surface area contributed by atoms with E-state index in [9.17, 15) is 0 Å². The lowest BCUT2D eigenvalue weighted by molar-refractivity contribution is 0.660. The normalized spacial score (nSPS) is 13.0. The van der Waals surface area contributed by atoms with Crippen LogP contribution in [0.2, 0.25) is 0 Å². The summed E-state index contributed by atoms with van der Waals surface area (Å²) in [7, 11) is 0. The molecule has 0 heterocycles. The Hall–Kier alpha value is -6.44. The van der Waals surface area contributed by atoms with Crippen LogP contribution >= 0.6 is 0 Å². The van der Waals surface area contributed by atoms with Gasteiger partial charge in [-0.05, 0) is 113 Å². The van der Waals surface area contributed by atoms with Crippen LogP contribution in [0, 0.1) is 0 Å². The Labute approximate surface area is 305 Å². The van der Waals surface area contributed by atoms with E-state index in [0.29, 0.717) is 0 Å². The summed E-state index contributed by atoms with van der Waals surface area (Å²) in [5, 5.41) is 7.67. The van der Waals surface area contributed by atoms with Crippen LogP contribution in [0.3, 0.4) is 0 Å². The van der Waals surface area contributed by atoms with E-state index in [-0.39, 0.29) is 5.41 Å². The molecule has 0 amide bonds. The first-order valence-electron chi connectivity index (χ1n) is 18.2. The fourth-order valence-electron chi connectivity index (χ4n) is 8.71. The molecule has 1 heteroatoms. The number of rotatable bonds is 5. The van der Waals surface area contributed by atoms with Crippen molar-refractivity contribution in [2.45, 2.75) is 19.3 Å². The van der Waals surface area contributed by atoms with Gasteiger partial charge in [-0.1, -0.05) is 166 Å². The van der Waals surface area contributed by atoms with E-state index in [4.69, 9.17) is 0 Å². The summed E-state index contributed by atoms with van der Waals surface area (Å²) < 4.78 is 0. The third kappa shape index (κ3) is 4.70. The number of hydrogen-bond donors (Lipinski definition) is 0. The zero-order chi connectivity index (χ0) is 34.8. The lowest BCUT2D eigenvalue weighted by Crippen LogP contribution is -2.15. The standard InChI is InChI=1S/C51H37N/c1-51(2)48-31-29-39(33-47(48)50-40(22-13-23-49(50)51)36-16-7-4-8-17-36)52(37-26-24-35(25-27-37)34-14-5-3-6-15-34)38-28-30-45-43-20-10-9-18-41(43)42-19-11-12-21-44(42)46(45)32-38/h3-33H,1-2H3. The van der Waals surface area contributed by atoms with Gasteiger partial charge in [-0.15, -0.1) is 0 Å². The number of benzene rings is 9. The molecule has 0 unspecified atom stereocenters. The third-order valence-electron chi connectivity index (χ3n) is 11.2. The molecule has 0 atom stereocenters. The molecular formula is C51H37N.